The maximum atomic E-state index is 13.0. The molecule has 1 N–H and O–H groups in total. The van der Waals surface area contributed by atoms with Gasteiger partial charge in [0, 0.05) is 18.4 Å². The van der Waals surface area contributed by atoms with Crippen molar-refractivity contribution in [3.05, 3.63) is 65.7 Å². The van der Waals surface area contributed by atoms with Crippen molar-refractivity contribution in [1.29, 1.82) is 0 Å². The van der Waals surface area contributed by atoms with E-state index in [-0.39, 0.29) is 5.91 Å². The Hall–Kier alpha value is -3.48. The SMILES string of the molecule is CCn1cc(NC(=O)c2cc(C)nc3c2c(C)nn3-c2ccccc2)cn1. The Morgan fingerprint density at radius 2 is 1.96 bits per heavy atom. The van der Waals surface area contributed by atoms with Crippen LogP contribution in [0.2, 0.25) is 0 Å². The van der Waals surface area contributed by atoms with Crippen molar-refractivity contribution in [2.45, 2.75) is 27.3 Å². The highest BCUT2D eigenvalue weighted by Crippen LogP contribution is 2.25. The van der Waals surface area contributed by atoms with Crippen LogP contribution in [-0.2, 0) is 6.54 Å². The monoisotopic (exact) mass is 360 g/mol. The third-order valence-electron chi connectivity index (χ3n) is 4.40. The van der Waals surface area contributed by atoms with Gasteiger partial charge in [-0.3, -0.25) is 9.48 Å². The minimum absolute atomic E-state index is 0.197. The Labute approximate surface area is 156 Å². The lowest BCUT2D eigenvalue weighted by atomic mass is 10.1. The van der Waals surface area contributed by atoms with E-state index in [2.05, 4.69) is 20.5 Å². The van der Waals surface area contributed by atoms with Crippen LogP contribution >= 0.6 is 0 Å². The van der Waals surface area contributed by atoms with Gasteiger partial charge in [0.05, 0.1) is 34.2 Å². The smallest absolute Gasteiger partial charge is 0.256 e. The topological polar surface area (TPSA) is 77.6 Å². The van der Waals surface area contributed by atoms with E-state index in [0.717, 1.165) is 29.0 Å². The van der Waals surface area contributed by atoms with Crippen molar-refractivity contribution < 1.29 is 4.79 Å². The number of benzene rings is 1. The Bertz CT molecular complexity index is 1130. The number of carbonyl (C=O) groups excluding carboxylic acids is 1. The van der Waals surface area contributed by atoms with Gasteiger partial charge in [-0.15, -0.1) is 0 Å². The zero-order valence-electron chi connectivity index (χ0n) is 15.5. The molecule has 4 aromatic rings. The fourth-order valence-corrected chi connectivity index (χ4v) is 3.14. The molecular formula is C20H20N6O. The molecule has 0 atom stereocenters. The van der Waals surface area contributed by atoms with Crippen LogP contribution in [0, 0.1) is 13.8 Å². The second-order valence-electron chi connectivity index (χ2n) is 6.38. The summed E-state index contributed by atoms with van der Waals surface area (Å²) < 4.78 is 3.55. The highest BCUT2D eigenvalue weighted by Gasteiger charge is 2.20. The number of hydrogen-bond acceptors (Lipinski definition) is 4. The van der Waals surface area contributed by atoms with E-state index in [0.29, 0.717) is 16.9 Å². The van der Waals surface area contributed by atoms with Crippen molar-refractivity contribution in [2.24, 2.45) is 0 Å². The van der Waals surface area contributed by atoms with Gasteiger partial charge in [0.1, 0.15) is 0 Å². The summed E-state index contributed by atoms with van der Waals surface area (Å²) in [5, 5.41) is 12.5. The van der Waals surface area contributed by atoms with E-state index in [1.807, 2.05) is 57.3 Å². The average molecular weight is 360 g/mol. The highest BCUT2D eigenvalue weighted by atomic mass is 16.1. The van der Waals surface area contributed by atoms with Gasteiger partial charge < -0.3 is 5.32 Å². The summed E-state index contributed by atoms with van der Waals surface area (Å²) in [7, 11) is 0. The summed E-state index contributed by atoms with van der Waals surface area (Å²) in [6.45, 7) is 6.51. The van der Waals surface area contributed by atoms with E-state index < -0.39 is 0 Å². The normalized spacial score (nSPS) is 11.1. The number of nitrogens with zero attached hydrogens (tertiary/aromatic N) is 5. The Morgan fingerprint density at radius 3 is 2.67 bits per heavy atom. The fraction of sp³-hybridized carbons (Fsp3) is 0.200. The third kappa shape index (κ3) is 3.08. The molecule has 3 aromatic heterocycles. The lowest BCUT2D eigenvalue weighted by Gasteiger charge is -2.07. The largest absolute Gasteiger partial charge is 0.319 e. The summed E-state index contributed by atoms with van der Waals surface area (Å²) in [4.78, 5) is 17.6. The summed E-state index contributed by atoms with van der Waals surface area (Å²) in [6, 6.07) is 11.6. The number of aromatic nitrogens is 5. The van der Waals surface area contributed by atoms with Gasteiger partial charge in [0.2, 0.25) is 0 Å². The van der Waals surface area contributed by atoms with E-state index in [9.17, 15) is 4.79 Å². The average Bonchev–Trinajstić information content (AvgIpc) is 3.26. The second-order valence-corrected chi connectivity index (χ2v) is 6.38. The Kier molecular flexibility index (Phi) is 4.19. The first-order valence-corrected chi connectivity index (χ1v) is 8.83. The molecule has 0 aliphatic rings. The van der Waals surface area contributed by atoms with E-state index >= 15 is 0 Å². The van der Waals surface area contributed by atoms with E-state index in [4.69, 9.17) is 0 Å². The van der Waals surface area contributed by atoms with Crippen LogP contribution in [0.4, 0.5) is 5.69 Å². The molecule has 1 aromatic carbocycles. The van der Waals surface area contributed by atoms with Crippen molar-refractivity contribution in [3.8, 4) is 5.69 Å². The van der Waals surface area contributed by atoms with Crippen molar-refractivity contribution in [2.75, 3.05) is 5.32 Å². The molecule has 0 saturated carbocycles. The molecule has 0 fully saturated rings. The van der Waals surface area contributed by atoms with Gasteiger partial charge in [-0.1, -0.05) is 18.2 Å². The number of carbonyl (C=O) groups is 1. The first-order valence-electron chi connectivity index (χ1n) is 8.83. The van der Waals surface area contributed by atoms with Crippen LogP contribution in [0.1, 0.15) is 28.7 Å². The molecule has 0 aliphatic carbocycles. The minimum Gasteiger partial charge on any atom is -0.319 e. The molecule has 0 radical (unpaired) electrons. The van der Waals surface area contributed by atoms with Crippen LogP contribution in [0.15, 0.2) is 48.8 Å². The molecule has 4 rings (SSSR count). The first-order chi connectivity index (χ1) is 13.1. The number of rotatable bonds is 4. The molecule has 7 nitrogen and oxygen atoms in total. The Balaban J connectivity index is 1.81. The molecule has 3 heterocycles. The number of fused-ring (bicyclic) bond motifs is 1. The standard InChI is InChI=1S/C20H20N6O/c1-4-25-12-15(11-21-25)23-20(27)17-10-13(2)22-19-18(17)14(3)24-26(19)16-8-6-5-7-9-16/h5-12H,4H2,1-3H3,(H,23,27). The van der Waals surface area contributed by atoms with Gasteiger partial charge in [-0.25, -0.2) is 9.67 Å². The van der Waals surface area contributed by atoms with E-state index in [1.165, 1.54) is 0 Å². The van der Waals surface area contributed by atoms with Gasteiger partial charge in [0.15, 0.2) is 5.65 Å². The summed E-state index contributed by atoms with van der Waals surface area (Å²) >= 11 is 0. The van der Waals surface area contributed by atoms with Crippen LogP contribution in [0.5, 0.6) is 0 Å². The van der Waals surface area contributed by atoms with Crippen LogP contribution in [0.3, 0.4) is 0 Å². The lowest BCUT2D eigenvalue weighted by Crippen LogP contribution is -2.13. The maximum absolute atomic E-state index is 13.0. The number of hydrogen-bond donors (Lipinski definition) is 1. The molecule has 1 amide bonds. The highest BCUT2D eigenvalue weighted by molar-refractivity contribution is 6.12. The summed E-state index contributed by atoms with van der Waals surface area (Å²) in [5.74, 6) is -0.197. The molecular weight excluding hydrogens is 340 g/mol. The molecule has 0 aliphatic heterocycles. The first kappa shape index (κ1) is 17.0. The predicted molar refractivity (Wildman–Crippen MR) is 104 cm³/mol. The van der Waals surface area contributed by atoms with Gasteiger partial charge in [-0.05, 0) is 39.0 Å². The second kappa shape index (κ2) is 6.68. The van der Waals surface area contributed by atoms with Crippen molar-refractivity contribution >= 4 is 22.6 Å². The third-order valence-corrected chi connectivity index (χ3v) is 4.40. The molecule has 0 unspecified atom stereocenters. The number of amides is 1. The van der Waals surface area contributed by atoms with Gasteiger partial charge in [0.25, 0.3) is 5.91 Å². The molecule has 7 heteroatoms. The summed E-state index contributed by atoms with van der Waals surface area (Å²) in [6.07, 6.45) is 3.45. The molecule has 0 spiro atoms. The quantitative estimate of drug-likeness (QED) is 0.604. The van der Waals surface area contributed by atoms with E-state index in [1.54, 1.807) is 21.6 Å². The number of pyridine rings is 1. The number of nitrogens with one attached hydrogen (secondary N) is 1. The Morgan fingerprint density at radius 1 is 1.19 bits per heavy atom. The molecule has 136 valence electrons. The predicted octanol–water partition coefficient (Wildman–Crippen LogP) is 3.51. The molecule has 0 bridgehead atoms. The zero-order chi connectivity index (χ0) is 19.0. The number of anilines is 1. The molecule has 27 heavy (non-hydrogen) atoms. The van der Waals surface area contributed by atoms with Gasteiger partial charge >= 0.3 is 0 Å². The summed E-state index contributed by atoms with van der Waals surface area (Å²) in [5.41, 5.74) is 4.32. The van der Waals surface area contributed by atoms with Gasteiger partial charge in [-0.2, -0.15) is 10.2 Å². The van der Waals surface area contributed by atoms with Crippen LogP contribution in [-0.4, -0.2) is 30.5 Å². The maximum Gasteiger partial charge on any atom is 0.256 e. The lowest BCUT2D eigenvalue weighted by molar-refractivity contribution is 0.102. The zero-order valence-corrected chi connectivity index (χ0v) is 15.5. The van der Waals surface area contributed by atoms with Crippen molar-refractivity contribution in [3.63, 3.8) is 0 Å². The number of aryl methyl sites for hydroxylation is 3. The van der Waals surface area contributed by atoms with Crippen molar-refractivity contribution in [1.82, 2.24) is 24.5 Å². The fourth-order valence-electron chi connectivity index (χ4n) is 3.14. The van der Waals surface area contributed by atoms with Crippen LogP contribution < -0.4 is 5.32 Å². The number of para-hydroxylation sites is 1. The van der Waals surface area contributed by atoms with Crippen LogP contribution in [0.25, 0.3) is 16.7 Å². The minimum atomic E-state index is -0.197. The molecule has 0 saturated heterocycles.